The molecule has 0 aliphatic carbocycles. The summed E-state index contributed by atoms with van der Waals surface area (Å²) in [5.41, 5.74) is 2.70. The van der Waals surface area contributed by atoms with Crippen LogP contribution < -0.4 is 0 Å². The van der Waals surface area contributed by atoms with Crippen molar-refractivity contribution in [1.29, 1.82) is 0 Å². The molecule has 0 spiro atoms. The van der Waals surface area contributed by atoms with Crippen LogP contribution >= 0.6 is 0 Å². The Hall–Kier alpha value is -1.88. The molecule has 2 aliphatic heterocycles. The zero-order valence-electron chi connectivity index (χ0n) is 15.1. The zero-order chi connectivity index (χ0) is 18.0. The highest BCUT2D eigenvalue weighted by atomic mass is 16.3. The van der Waals surface area contributed by atoms with Crippen molar-refractivity contribution >= 4 is 11.8 Å². The van der Waals surface area contributed by atoms with E-state index < -0.39 is 12.1 Å². The molecule has 2 heterocycles. The van der Waals surface area contributed by atoms with Gasteiger partial charge in [-0.1, -0.05) is 31.2 Å². The number of nitrogens with zero attached hydrogens (tertiary/aromatic N) is 2. The van der Waals surface area contributed by atoms with E-state index in [-0.39, 0.29) is 18.4 Å². The van der Waals surface area contributed by atoms with Crippen LogP contribution in [0.2, 0.25) is 0 Å². The number of carbonyl (C=O) groups is 2. The Bertz CT molecular complexity index is 620. The smallest absolute Gasteiger partial charge is 0.245 e. The topological polar surface area (TPSA) is 60.9 Å². The van der Waals surface area contributed by atoms with Crippen LogP contribution in [-0.2, 0) is 16.0 Å². The number of hydrogen-bond acceptors (Lipinski definition) is 3. The summed E-state index contributed by atoms with van der Waals surface area (Å²) in [5, 5.41) is 9.83. The van der Waals surface area contributed by atoms with Gasteiger partial charge in [0.1, 0.15) is 6.04 Å². The van der Waals surface area contributed by atoms with Crippen LogP contribution in [-0.4, -0.2) is 58.5 Å². The number of carbonyl (C=O) groups excluding carboxylic acids is 2. The molecule has 0 saturated carbocycles. The molecule has 136 valence electrons. The number of aryl methyl sites for hydroxylation is 1. The summed E-state index contributed by atoms with van der Waals surface area (Å²) in [6.07, 6.45) is 2.72. The predicted octanol–water partition coefficient (Wildman–Crippen LogP) is 1.94. The van der Waals surface area contributed by atoms with Crippen molar-refractivity contribution in [3.8, 4) is 0 Å². The minimum Gasteiger partial charge on any atom is -0.391 e. The van der Waals surface area contributed by atoms with Crippen molar-refractivity contribution in [2.24, 2.45) is 0 Å². The lowest BCUT2D eigenvalue weighted by Crippen LogP contribution is -2.49. The van der Waals surface area contributed by atoms with E-state index in [4.69, 9.17) is 0 Å². The van der Waals surface area contributed by atoms with Gasteiger partial charge in [0, 0.05) is 33.0 Å². The summed E-state index contributed by atoms with van der Waals surface area (Å²) in [5.74, 6) is 0.348. The summed E-state index contributed by atoms with van der Waals surface area (Å²) in [4.78, 5) is 27.9. The van der Waals surface area contributed by atoms with E-state index in [1.165, 1.54) is 23.0 Å². The lowest BCUT2D eigenvalue weighted by atomic mass is 9.88. The minimum absolute atomic E-state index is 0.00784. The van der Waals surface area contributed by atoms with Crippen LogP contribution in [0.15, 0.2) is 24.3 Å². The van der Waals surface area contributed by atoms with E-state index in [0.717, 1.165) is 32.4 Å². The standard InChI is InChI=1S/C20H28N2O3/c1-3-15-4-6-16(7-5-15)17-8-10-21(11-9-17)20(25)19-12-18(24)13-22(19)14(2)23/h4-7,17-19,24H,3,8-13H2,1-2H3/t18-,19-/m1/s1. The van der Waals surface area contributed by atoms with E-state index >= 15 is 0 Å². The molecule has 2 atom stereocenters. The maximum atomic E-state index is 12.8. The van der Waals surface area contributed by atoms with Crippen molar-refractivity contribution in [1.82, 2.24) is 9.80 Å². The monoisotopic (exact) mass is 344 g/mol. The quantitative estimate of drug-likeness (QED) is 0.911. The maximum absolute atomic E-state index is 12.8. The molecular formula is C20H28N2O3. The largest absolute Gasteiger partial charge is 0.391 e. The molecule has 1 aromatic rings. The maximum Gasteiger partial charge on any atom is 0.245 e. The van der Waals surface area contributed by atoms with Crippen molar-refractivity contribution in [2.75, 3.05) is 19.6 Å². The van der Waals surface area contributed by atoms with Crippen molar-refractivity contribution in [3.63, 3.8) is 0 Å². The fourth-order valence-corrected chi connectivity index (χ4v) is 4.07. The van der Waals surface area contributed by atoms with Gasteiger partial charge in [-0.05, 0) is 36.3 Å². The molecule has 25 heavy (non-hydrogen) atoms. The van der Waals surface area contributed by atoms with Crippen LogP contribution in [0.1, 0.15) is 50.2 Å². The third-order valence-electron chi connectivity index (χ3n) is 5.63. The number of β-amino-alcohol motifs (C(OH)–C–C–N with tert-alkyl or cyclic N) is 1. The van der Waals surface area contributed by atoms with Gasteiger partial charge < -0.3 is 14.9 Å². The van der Waals surface area contributed by atoms with Gasteiger partial charge in [-0.2, -0.15) is 0 Å². The number of aliphatic hydroxyl groups excluding tert-OH is 1. The second kappa shape index (κ2) is 7.56. The molecule has 0 radical (unpaired) electrons. The summed E-state index contributed by atoms with van der Waals surface area (Å²) in [6.45, 7) is 5.33. The highest BCUT2D eigenvalue weighted by Gasteiger charge is 2.40. The number of piperidine rings is 1. The number of aliphatic hydroxyl groups is 1. The molecule has 2 fully saturated rings. The van der Waals surface area contributed by atoms with Gasteiger partial charge in [0.15, 0.2) is 0 Å². The number of rotatable bonds is 3. The Morgan fingerprint density at radius 3 is 2.36 bits per heavy atom. The highest BCUT2D eigenvalue weighted by Crippen LogP contribution is 2.30. The molecule has 0 bridgehead atoms. The molecule has 5 heteroatoms. The molecule has 1 N–H and O–H groups in total. The average Bonchev–Trinajstić information content (AvgIpc) is 3.03. The van der Waals surface area contributed by atoms with Crippen LogP contribution in [0, 0.1) is 0 Å². The lowest BCUT2D eigenvalue weighted by Gasteiger charge is -2.35. The number of benzene rings is 1. The molecule has 0 aromatic heterocycles. The molecule has 1 aromatic carbocycles. The fraction of sp³-hybridized carbons (Fsp3) is 0.600. The Balaban J connectivity index is 1.59. The first kappa shape index (κ1) is 17.9. The summed E-state index contributed by atoms with van der Waals surface area (Å²) in [6, 6.07) is 8.32. The Morgan fingerprint density at radius 2 is 1.80 bits per heavy atom. The predicted molar refractivity (Wildman–Crippen MR) is 96.2 cm³/mol. The number of likely N-dealkylation sites (tertiary alicyclic amines) is 2. The first-order chi connectivity index (χ1) is 12.0. The minimum atomic E-state index is -0.590. The van der Waals surface area contributed by atoms with Gasteiger partial charge in [0.25, 0.3) is 0 Å². The van der Waals surface area contributed by atoms with Crippen LogP contribution in [0.25, 0.3) is 0 Å². The fourth-order valence-electron chi connectivity index (χ4n) is 4.07. The molecule has 2 amide bonds. The SMILES string of the molecule is CCc1ccc(C2CCN(C(=O)[C@H]3C[C@@H](O)CN3C(C)=O)CC2)cc1. The van der Waals surface area contributed by atoms with Gasteiger partial charge in [0.2, 0.25) is 11.8 Å². The van der Waals surface area contributed by atoms with E-state index in [9.17, 15) is 14.7 Å². The summed E-state index contributed by atoms with van der Waals surface area (Å²) < 4.78 is 0. The van der Waals surface area contributed by atoms with E-state index in [1.807, 2.05) is 4.90 Å². The summed E-state index contributed by atoms with van der Waals surface area (Å²) in [7, 11) is 0. The van der Waals surface area contributed by atoms with Crippen molar-refractivity contribution in [3.05, 3.63) is 35.4 Å². The normalized spacial score (nSPS) is 24.6. The Kier molecular flexibility index (Phi) is 5.42. The van der Waals surface area contributed by atoms with E-state index in [0.29, 0.717) is 12.3 Å². The first-order valence-electron chi connectivity index (χ1n) is 9.32. The van der Waals surface area contributed by atoms with Crippen LogP contribution in [0.5, 0.6) is 0 Å². The molecule has 5 nitrogen and oxygen atoms in total. The third kappa shape index (κ3) is 3.87. The highest BCUT2D eigenvalue weighted by molar-refractivity contribution is 5.87. The average molecular weight is 344 g/mol. The van der Waals surface area contributed by atoms with Crippen LogP contribution in [0.3, 0.4) is 0 Å². The zero-order valence-corrected chi connectivity index (χ0v) is 15.1. The van der Waals surface area contributed by atoms with Crippen LogP contribution in [0.4, 0.5) is 0 Å². The Labute approximate surface area is 149 Å². The van der Waals surface area contributed by atoms with Gasteiger partial charge in [0.05, 0.1) is 6.10 Å². The van der Waals surface area contributed by atoms with E-state index in [1.54, 1.807) is 0 Å². The molecule has 3 rings (SSSR count). The van der Waals surface area contributed by atoms with Gasteiger partial charge in [-0.3, -0.25) is 9.59 Å². The molecule has 2 saturated heterocycles. The summed E-state index contributed by atoms with van der Waals surface area (Å²) >= 11 is 0. The number of hydrogen-bond donors (Lipinski definition) is 1. The second-order valence-electron chi connectivity index (χ2n) is 7.27. The Morgan fingerprint density at radius 1 is 1.16 bits per heavy atom. The number of amides is 2. The molecule has 2 aliphatic rings. The van der Waals surface area contributed by atoms with Crippen molar-refractivity contribution in [2.45, 2.75) is 57.6 Å². The van der Waals surface area contributed by atoms with Gasteiger partial charge in [-0.25, -0.2) is 0 Å². The lowest BCUT2D eigenvalue weighted by molar-refractivity contribution is -0.143. The third-order valence-corrected chi connectivity index (χ3v) is 5.63. The molecular weight excluding hydrogens is 316 g/mol. The van der Waals surface area contributed by atoms with E-state index in [2.05, 4.69) is 31.2 Å². The molecule has 0 unspecified atom stereocenters. The van der Waals surface area contributed by atoms with Gasteiger partial charge in [-0.15, -0.1) is 0 Å². The van der Waals surface area contributed by atoms with Gasteiger partial charge >= 0.3 is 0 Å². The first-order valence-corrected chi connectivity index (χ1v) is 9.32. The van der Waals surface area contributed by atoms with Crippen molar-refractivity contribution < 1.29 is 14.7 Å². The second-order valence-corrected chi connectivity index (χ2v) is 7.27.